The van der Waals surface area contributed by atoms with Crippen molar-refractivity contribution in [2.75, 3.05) is 25.4 Å². The molecule has 1 aliphatic heterocycles. The number of hydrogen-bond donors (Lipinski definition) is 2. The molecule has 0 bridgehead atoms. The molecular formula is C15H20ClN3O. The van der Waals surface area contributed by atoms with Crippen LogP contribution in [-0.4, -0.2) is 30.6 Å². The zero-order valence-corrected chi connectivity index (χ0v) is 12.2. The number of rotatable bonds is 7. The van der Waals surface area contributed by atoms with Gasteiger partial charge in [0.2, 0.25) is 0 Å². The van der Waals surface area contributed by atoms with Gasteiger partial charge in [-0.05, 0) is 12.1 Å². The summed E-state index contributed by atoms with van der Waals surface area (Å²) >= 11 is 5.86. The lowest BCUT2D eigenvalue weighted by atomic mass is 10.1. The largest absolute Gasteiger partial charge is 0.398 e. The Balaban J connectivity index is 1.72. The Morgan fingerprint density at radius 2 is 2.30 bits per heavy atom. The number of ether oxygens (including phenoxy) is 1. The molecule has 0 amide bonds. The first-order valence-corrected chi connectivity index (χ1v) is 6.92. The lowest BCUT2D eigenvalue weighted by Crippen LogP contribution is -2.53. The number of halogens is 1. The van der Waals surface area contributed by atoms with Crippen molar-refractivity contribution in [1.82, 2.24) is 10.2 Å². The van der Waals surface area contributed by atoms with Crippen molar-refractivity contribution in [3.05, 3.63) is 53.8 Å². The molecule has 1 aromatic rings. The average Bonchev–Trinajstić information content (AvgIpc) is 2.36. The van der Waals surface area contributed by atoms with Gasteiger partial charge in [-0.25, -0.2) is 0 Å². The van der Waals surface area contributed by atoms with Crippen LogP contribution in [0.1, 0.15) is 5.56 Å². The molecule has 0 radical (unpaired) electrons. The fraction of sp³-hybridized carbons (Fsp3) is 0.333. The number of likely N-dealkylation sites (tertiary alicyclic amines) is 1. The fourth-order valence-corrected chi connectivity index (χ4v) is 2.15. The predicted octanol–water partition coefficient (Wildman–Crippen LogP) is 2.37. The fourth-order valence-electron chi connectivity index (χ4n) is 1.97. The molecule has 2 rings (SSSR count). The Labute approximate surface area is 124 Å². The second-order valence-corrected chi connectivity index (χ2v) is 5.23. The summed E-state index contributed by atoms with van der Waals surface area (Å²) in [6, 6.07) is 5.47. The van der Waals surface area contributed by atoms with E-state index < -0.39 is 0 Å². The van der Waals surface area contributed by atoms with Crippen LogP contribution < -0.4 is 11.1 Å². The summed E-state index contributed by atoms with van der Waals surface area (Å²) < 4.78 is 5.82. The Kier molecular flexibility index (Phi) is 4.93. The predicted molar refractivity (Wildman–Crippen MR) is 83.4 cm³/mol. The lowest BCUT2D eigenvalue weighted by Gasteiger charge is -2.41. The van der Waals surface area contributed by atoms with Crippen LogP contribution in [0, 0.1) is 0 Å². The Bertz CT molecular complexity index is 498. The van der Waals surface area contributed by atoms with Crippen molar-refractivity contribution in [1.29, 1.82) is 0 Å². The van der Waals surface area contributed by atoms with Crippen LogP contribution in [0.15, 0.2) is 43.3 Å². The summed E-state index contributed by atoms with van der Waals surface area (Å²) in [7, 11) is 0. The molecule has 1 saturated heterocycles. The zero-order valence-electron chi connectivity index (χ0n) is 11.4. The quantitative estimate of drug-likeness (QED) is 0.599. The number of nitrogens with zero attached hydrogens (tertiary/aromatic N) is 1. The summed E-state index contributed by atoms with van der Waals surface area (Å²) in [5.41, 5.74) is 7.53. The van der Waals surface area contributed by atoms with Crippen LogP contribution in [0.5, 0.6) is 0 Å². The topological polar surface area (TPSA) is 50.5 Å². The first kappa shape index (κ1) is 14.8. The van der Waals surface area contributed by atoms with Gasteiger partial charge in [0.05, 0.1) is 18.5 Å². The number of benzene rings is 1. The molecule has 1 heterocycles. The van der Waals surface area contributed by atoms with Crippen molar-refractivity contribution in [3.8, 4) is 0 Å². The van der Waals surface area contributed by atoms with E-state index >= 15 is 0 Å². The van der Waals surface area contributed by atoms with Gasteiger partial charge in [0.25, 0.3) is 0 Å². The SMILES string of the molecule is C=CCNC(=C)N1CC(OCc2ccc(Cl)cc2N)C1. The molecule has 20 heavy (non-hydrogen) atoms. The molecule has 108 valence electrons. The van der Waals surface area contributed by atoms with Gasteiger partial charge in [0.1, 0.15) is 0 Å². The highest BCUT2D eigenvalue weighted by atomic mass is 35.5. The summed E-state index contributed by atoms with van der Waals surface area (Å²) in [4.78, 5) is 2.14. The van der Waals surface area contributed by atoms with Crippen molar-refractivity contribution in [3.63, 3.8) is 0 Å². The molecule has 0 unspecified atom stereocenters. The number of nitrogens with two attached hydrogens (primary N) is 1. The highest BCUT2D eigenvalue weighted by Gasteiger charge is 2.28. The van der Waals surface area contributed by atoms with E-state index in [1.54, 1.807) is 6.07 Å². The highest BCUT2D eigenvalue weighted by Crippen LogP contribution is 2.21. The third-order valence-electron chi connectivity index (χ3n) is 3.26. The van der Waals surface area contributed by atoms with Gasteiger partial charge >= 0.3 is 0 Å². The smallest absolute Gasteiger partial charge is 0.0943 e. The van der Waals surface area contributed by atoms with Crippen LogP contribution in [0.25, 0.3) is 0 Å². The number of nitrogen functional groups attached to an aromatic ring is 1. The second-order valence-electron chi connectivity index (χ2n) is 4.80. The van der Waals surface area contributed by atoms with Crippen LogP contribution in [0.2, 0.25) is 5.02 Å². The Morgan fingerprint density at radius 1 is 1.55 bits per heavy atom. The third-order valence-corrected chi connectivity index (χ3v) is 3.50. The molecule has 0 saturated carbocycles. The maximum atomic E-state index is 5.89. The molecule has 3 N–H and O–H groups in total. The third kappa shape index (κ3) is 3.68. The van der Waals surface area contributed by atoms with E-state index in [1.807, 2.05) is 18.2 Å². The monoisotopic (exact) mass is 293 g/mol. The first-order chi connectivity index (χ1) is 9.60. The normalized spacial score (nSPS) is 14.8. The van der Waals surface area contributed by atoms with Crippen molar-refractivity contribution >= 4 is 17.3 Å². The van der Waals surface area contributed by atoms with Crippen LogP contribution >= 0.6 is 11.6 Å². The van der Waals surface area contributed by atoms with E-state index in [4.69, 9.17) is 22.1 Å². The van der Waals surface area contributed by atoms with E-state index in [1.165, 1.54) is 0 Å². The van der Waals surface area contributed by atoms with E-state index in [9.17, 15) is 0 Å². The molecule has 0 atom stereocenters. The van der Waals surface area contributed by atoms with Gasteiger partial charge < -0.3 is 20.7 Å². The summed E-state index contributed by atoms with van der Waals surface area (Å²) in [5, 5.41) is 3.81. The first-order valence-electron chi connectivity index (χ1n) is 6.54. The van der Waals surface area contributed by atoms with Crippen molar-refractivity contribution in [2.45, 2.75) is 12.7 Å². The Morgan fingerprint density at radius 3 is 2.95 bits per heavy atom. The van der Waals surface area contributed by atoms with Gasteiger partial charge in [-0.15, -0.1) is 6.58 Å². The van der Waals surface area contributed by atoms with Crippen LogP contribution in [0.4, 0.5) is 5.69 Å². The van der Waals surface area contributed by atoms with E-state index in [0.29, 0.717) is 17.3 Å². The molecule has 1 fully saturated rings. The minimum Gasteiger partial charge on any atom is -0.398 e. The second kappa shape index (κ2) is 6.68. The van der Waals surface area contributed by atoms with E-state index in [2.05, 4.69) is 23.4 Å². The number of hydrogen-bond acceptors (Lipinski definition) is 4. The summed E-state index contributed by atoms with van der Waals surface area (Å²) in [5.74, 6) is 0.913. The van der Waals surface area contributed by atoms with Crippen molar-refractivity contribution < 1.29 is 4.74 Å². The van der Waals surface area contributed by atoms with Gasteiger partial charge in [-0.3, -0.25) is 0 Å². The molecule has 4 nitrogen and oxygen atoms in total. The Hall–Kier alpha value is -1.65. The van der Waals surface area contributed by atoms with Crippen LogP contribution in [-0.2, 0) is 11.3 Å². The number of nitrogens with one attached hydrogen (secondary N) is 1. The average molecular weight is 294 g/mol. The van der Waals surface area contributed by atoms with E-state index in [-0.39, 0.29) is 6.10 Å². The van der Waals surface area contributed by atoms with Gasteiger partial charge in [-0.2, -0.15) is 0 Å². The van der Waals surface area contributed by atoms with Crippen molar-refractivity contribution in [2.24, 2.45) is 0 Å². The van der Waals surface area contributed by atoms with E-state index in [0.717, 1.165) is 31.0 Å². The number of anilines is 1. The molecule has 0 aliphatic carbocycles. The highest BCUT2D eigenvalue weighted by molar-refractivity contribution is 6.30. The maximum Gasteiger partial charge on any atom is 0.0943 e. The molecule has 5 heteroatoms. The van der Waals surface area contributed by atoms with Gasteiger partial charge in [0, 0.05) is 35.9 Å². The minimum absolute atomic E-state index is 0.215. The minimum atomic E-state index is 0.215. The molecule has 1 aliphatic rings. The maximum absolute atomic E-state index is 5.89. The van der Waals surface area contributed by atoms with Gasteiger partial charge in [-0.1, -0.05) is 30.3 Å². The summed E-state index contributed by atoms with van der Waals surface area (Å²) in [6.07, 6.45) is 2.02. The molecule has 1 aromatic carbocycles. The van der Waals surface area contributed by atoms with Gasteiger partial charge in [0.15, 0.2) is 0 Å². The molecular weight excluding hydrogens is 274 g/mol. The van der Waals surface area contributed by atoms with Crippen LogP contribution in [0.3, 0.4) is 0 Å². The molecule has 0 spiro atoms. The molecule has 0 aromatic heterocycles. The summed E-state index contributed by atoms with van der Waals surface area (Å²) in [6.45, 7) is 10.5. The lowest BCUT2D eigenvalue weighted by molar-refractivity contribution is -0.0504. The zero-order chi connectivity index (χ0) is 14.5. The standard InChI is InChI=1S/C15H20ClN3O/c1-3-6-18-11(2)19-8-14(9-19)20-10-12-4-5-13(16)7-15(12)17/h3-5,7,14,18H,1-2,6,8-10,17H2.